The van der Waals surface area contributed by atoms with Crippen LogP contribution in [0.25, 0.3) is 0 Å². The fourth-order valence-corrected chi connectivity index (χ4v) is 1.33. The third kappa shape index (κ3) is 4.29. The molecule has 0 saturated carbocycles. The summed E-state index contributed by atoms with van der Waals surface area (Å²) >= 11 is 0. The van der Waals surface area contributed by atoms with E-state index in [4.69, 9.17) is 0 Å². The molecule has 94 valence electrons. The van der Waals surface area contributed by atoms with Gasteiger partial charge in [-0.15, -0.1) is 0 Å². The van der Waals surface area contributed by atoms with Crippen molar-refractivity contribution in [2.24, 2.45) is 5.92 Å². The molecule has 0 heterocycles. The first-order chi connectivity index (χ1) is 7.93. The number of halogens is 3. The zero-order chi connectivity index (χ0) is 12.9. The van der Waals surface area contributed by atoms with Crippen LogP contribution in [0.1, 0.15) is 6.42 Å². The lowest BCUT2D eigenvalue weighted by Crippen LogP contribution is -2.33. The lowest BCUT2D eigenvalue weighted by atomic mass is 9.98. The molecule has 0 radical (unpaired) electrons. The summed E-state index contributed by atoms with van der Waals surface area (Å²) in [6.07, 6.45) is -0.402. The molecule has 0 aromatic carbocycles. The maximum atomic E-state index is 12.4. The first-order valence-electron chi connectivity index (χ1n) is 4.85. The third-order valence-electron chi connectivity index (χ3n) is 2.12. The Balaban J connectivity index is 2.58. The summed E-state index contributed by atoms with van der Waals surface area (Å²) in [5, 5.41) is 4.38. The van der Waals surface area contributed by atoms with Crippen LogP contribution >= 0.6 is 0 Å². The summed E-state index contributed by atoms with van der Waals surface area (Å²) in [6, 6.07) is 0. The number of nitrogens with one attached hydrogen (secondary N) is 2. The van der Waals surface area contributed by atoms with Crippen molar-refractivity contribution in [2.45, 2.75) is 12.6 Å². The van der Waals surface area contributed by atoms with E-state index in [1.807, 2.05) is 0 Å². The van der Waals surface area contributed by atoms with Crippen LogP contribution in [0.4, 0.5) is 13.2 Å². The lowest BCUT2D eigenvalue weighted by Gasteiger charge is -2.19. The van der Waals surface area contributed by atoms with Gasteiger partial charge >= 0.3 is 6.18 Å². The van der Waals surface area contributed by atoms with E-state index >= 15 is 0 Å². The van der Waals surface area contributed by atoms with E-state index in [1.165, 1.54) is 12.2 Å². The van der Waals surface area contributed by atoms with Gasteiger partial charge in [-0.2, -0.15) is 13.2 Å². The van der Waals surface area contributed by atoms with Gasteiger partial charge in [-0.05, 0) is 18.6 Å². The van der Waals surface area contributed by atoms with Gasteiger partial charge in [-0.3, -0.25) is 9.59 Å². The van der Waals surface area contributed by atoms with Crippen LogP contribution < -0.4 is 10.6 Å². The van der Waals surface area contributed by atoms with E-state index in [9.17, 15) is 22.8 Å². The van der Waals surface area contributed by atoms with E-state index in [1.54, 1.807) is 0 Å². The molecule has 4 nitrogen and oxygen atoms in total. The minimum Gasteiger partial charge on any atom is -0.350 e. The van der Waals surface area contributed by atoms with E-state index in [-0.39, 0.29) is 18.7 Å². The monoisotopic (exact) mass is 248 g/mol. The van der Waals surface area contributed by atoms with Gasteiger partial charge < -0.3 is 10.6 Å². The molecule has 0 saturated heterocycles. The van der Waals surface area contributed by atoms with Crippen LogP contribution in [0.15, 0.2) is 23.9 Å². The molecule has 0 fully saturated rings. The molecule has 1 unspecified atom stereocenters. The molecule has 2 N–H and O–H groups in total. The highest BCUT2D eigenvalue weighted by molar-refractivity contribution is 5.81. The zero-order valence-electron chi connectivity index (χ0n) is 8.75. The summed E-state index contributed by atoms with van der Waals surface area (Å²) in [4.78, 5) is 21.1. The predicted molar refractivity (Wildman–Crippen MR) is 53.6 cm³/mol. The van der Waals surface area contributed by atoms with Crippen molar-refractivity contribution >= 4 is 12.3 Å². The molecule has 7 heteroatoms. The normalized spacial score (nSPS) is 19.5. The second-order valence-electron chi connectivity index (χ2n) is 3.46. The molecule has 0 aromatic heterocycles. The summed E-state index contributed by atoms with van der Waals surface area (Å²) < 4.78 is 37.2. The molecule has 1 rings (SSSR count). The SMILES string of the molecule is O=CNCC(=O)NC1=CC(C(F)(F)F)CC=C1. The minimum atomic E-state index is -4.32. The fourth-order valence-electron chi connectivity index (χ4n) is 1.33. The van der Waals surface area contributed by atoms with Crippen molar-refractivity contribution < 1.29 is 22.8 Å². The van der Waals surface area contributed by atoms with Crippen molar-refractivity contribution in [1.82, 2.24) is 10.6 Å². The first-order valence-corrected chi connectivity index (χ1v) is 4.85. The molecule has 1 aliphatic rings. The summed E-state index contributed by atoms with van der Waals surface area (Å²) in [5.74, 6) is -2.15. The summed E-state index contributed by atoms with van der Waals surface area (Å²) in [7, 11) is 0. The van der Waals surface area contributed by atoms with Crippen LogP contribution in [-0.4, -0.2) is 25.0 Å². The van der Waals surface area contributed by atoms with Gasteiger partial charge in [0, 0.05) is 5.70 Å². The highest BCUT2D eigenvalue weighted by Crippen LogP contribution is 2.32. The fraction of sp³-hybridized carbons (Fsp3) is 0.400. The van der Waals surface area contributed by atoms with Crippen LogP contribution in [0.3, 0.4) is 0 Å². The number of hydrogen-bond donors (Lipinski definition) is 2. The number of hydrogen-bond acceptors (Lipinski definition) is 2. The molecule has 2 amide bonds. The highest BCUT2D eigenvalue weighted by Gasteiger charge is 2.38. The van der Waals surface area contributed by atoms with Crippen molar-refractivity contribution in [2.75, 3.05) is 6.54 Å². The van der Waals surface area contributed by atoms with Gasteiger partial charge in [0.05, 0.1) is 12.5 Å². The summed E-state index contributed by atoms with van der Waals surface area (Å²) in [6.45, 7) is -0.272. The van der Waals surface area contributed by atoms with Crippen LogP contribution in [0, 0.1) is 5.92 Å². The molecular weight excluding hydrogens is 237 g/mol. The average Bonchev–Trinajstić information content (AvgIpc) is 2.25. The van der Waals surface area contributed by atoms with Crippen LogP contribution in [0.2, 0.25) is 0 Å². The zero-order valence-corrected chi connectivity index (χ0v) is 8.75. The number of alkyl halides is 3. The number of carbonyl (C=O) groups is 2. The molecule has 1 atom stereocenters. The van der Waals surface area contributed by atoms with Gasteiger partial charge in [0.1, 0.15) is 0 Å². The Morgan fingerprint density at radius 3 is 2.82 bits per heavy atom. The predicted octanol–water partition coefficient (Wildman–Crippen LogP) is 0.871. The van der Waals surface area contributed by atoms with E-state index < -0.39 is 18.0 Å². The van der Waals surface area contributed by atoms with Crippen molar-refractivity contribution in [3.63, 3.8) is 0 Å². The maximum Gasteiger partial charge on any atom is 0.395 e. The Morgan fingerprint density at radius 2 is 2.24 bits per heavy atom. The molecule has 0 aromatic rings. The molecule has 0 aliphatic heterocycles. The van der Waals surface area contributed by atoms with E-state index in [2.05, 4.69) is 10.6 Å². The molecule has 0 spiro atoms. The van der Waals surface area contributed by atoms with Gasteiger partial charge in [0.25, 0.3) is 0 Å². The topological polar surface area (TPSA) is 58.2 Å². The summed E-state index contributed by atoms with van der Waals surface area (Å²) in [5.41, 5.74) is 0.0938. The van der Waals surface area contributed by atoms with Crippen LogP contribution in [-0.2, 0) is 9.59 Å². The lowest BCUT2D eigenvalue weighted by molar-refractivity contribution is -0.160. The quantitative estimate of drug-likeness (QED) is 0.725. The van der Waals surface area contributed by atoms with E-state index in [0.717, 1.165) is 6.08 Å². The number of allylic oxidation sites excluding steroid dienone is 3. The standard InChI is InChI=1S/C10H11F3N2O2/c11-10(12,13)7-2-1-3-8(4-7)15-9(17)5-14-6-16/h1,3-4,6-7H,2,5H2,(H,14,16)(H,15,17). The van der Waals surface area contributed by atoms with Gasteiger partial charge in [0.2, 0.25) is 12.3 Å². The third-order valence-corrected chi connectivity index (χ3v) is 2.12. The Morgan fingerprint density at radius 1 is 1.53 bits per heavy atom. The number of rotatable bonds is 4. The van der Waals surface area contributed by atoms with Gasteiger partial charge in [-0.25, -0.2) is 0 Å². The second-order valence-corrected chi connectivity index (χ2v) is 3.46. The molecule has 17 heavy (non-hydrogen) atoms. The van der Waals surface area contributed by atoms with E-state index in [0.29, 0.717) is 6.41 Å². The average molecular weight is 248 g/mol. The highest BCUT2D eigenvalue weighted by atomic mass is 19.4. The Bertz CT molecular complexity index is 361. The Labute approximate surface area is 95.6 Å². The minimum absolute atomic E-state index is 0.0938. The van der Waals surface area contributed by atoms with Crippen molar-refractivity contribution in [3.8, 4) is 0 Å². The number of carbonyl (C=O) groups excluding carboxylic acids is 2. The van der Waals surface area contributed by atoms with Gasteiger partial charge in [0.15, 0.2) is 0 Å². The molecule has 1 aliphatic carbocycles. The van der Waals surface area contributed by atoms with Crippen molar-refractivity contribution in [1.29, 1.82) is 0 Å². The largest absolute Gasteiger partial charge is 0.395 e. The number of amides is 2. The molecule has 0 bridgehead atoms. The smallest absolute Gasteiger partial charge is 0.350 e. The Kier molecular flexibility index (Phi) is 4.30. The first kappa shape index (κ1) is 13.3. The molecular formula is C10H11F3N2O2. The van der Waals surface area contributed by atoms with Gasteiger partial charge in [-0.1, -0.05) is 6.08 Å². The van der Waals surface area contributed by atoms with Crippen molar-refractivity contribution in [3.05, 3.63) is 23.9 Å². The second kappa shape index (κ2) is 5.51. The maximum absolute atomic E-state index is 12.4. The Hall–Kier alpha value is -1.79. The van der Waals surface area contributed by atoms with Crippen LogP contribution in [0.5, 0.6) is 0 Å².